The van der Waals surface area contributed by atoms with Crippen LogP contribution >= 0.6 is 11.6 Å². The van der Waals surface area contributed by atoms with Gasteiger partial charge in [-0.15, -0.1) is 0 Å². The lowest BCUT2D eigenvalue weighted by atomic mass is 10.1. The summed E-state index contributed by atoms with van der Waals surface area (Å²) in [6.07, 6.45) is 0.343. The van der Waals surface area contributed by atoms with Gasteiger partial charge in [-0.3, -0.25) is 0 Å². The third kappa shape index (κ3) is 4.85. The Morgan fingerprint density at radius 1 is 1.48 bits per heavy atom. The van der Waals surface area contributed by atoms with Gasteiger partial charge < -0.3 is 14.4 Å². The van der Waals surface area contributed by atoms with Crippen LogP contribution in [-0.4, -0.2) is 35.8 Å². The van der Waals surface area contributed by atoms with Crippen LogP contribution in [0.15, 0.2) is 18.2 Å². The van der Waals surface area contributed by atoms with Gasteiger partial charge in [0.1, 0.15) is 5.60 Å². The Morgan fingerprint density at radius 2 is 2.22 bits per heavy atom. The fourth-order valence-corrected chi connectivity index (χ4v) is 2.60. The van der Waals surface area contributed by atoms with Gasteiger partial charge in [-0.05, 0) is 39.3 Å². The van der Waals surface area contributed by atoms with Crippen LogP contribution in [0.5, 0.6) is 0 Å². The van der Waals surface area contributed by atoms with Gasteiger partial charge in [0.25, 0.3) is 0 Å². The zero-order valence-corrected chi connectivity index (χ0v) is 14.4. The standard InChI is InChI=1S/C17H21ClN2O3/c1-17(2,3)23-16(21)20-8-7-13(10-20)22-11-14-12(9-19)5-4-6-15(14)18/h4-6,13H,7-8,10-11H2,1-3H3/t13-/m0/s1. The molecule has 1 fully saturated rings. The number of rotatable bonds is 3. The van der Waals surface area contributed by atoms with Gasteiger partial charge in [0.15, 0.2) is 0 Å². The quantitative estimate of drug-likeness (QED) is 0.843. The Kier molecular flexibility index (Phi) is 5.51. The smallest absolute Gasteiger partial charge is 0.410 e. The largest absolute Gasteiger partial charge is 0.444 e. The molecule has 0 saturated carbocycles. The third-order valence-corrected chi connectivity index (χ3v) is 3.85. The first-order chi connectivity index (χ1) is 10.8. The number of halogens is 1. The molecule has 0 radical (unpaired) electrons. The number of nitriles is 1. The minimum atomic E-state index is -0.505. The molecule has 2 rings (SSSR count). The maximum Gasteiger partial charge on any atom is 0.410 e. The van der Waals surface area contributed by atoms with Crippen molar-refractivity contribution >= 4 is 17.7 Å². The molecule has 0 aliphatic carbocycles. The number of carbonyl (C=O) groups is 1. The summed E-state index contributed by atoms with van der Waals surface area (Å²) < 4.78 is 11.2. The fraction of sp³-hybridized carbons (Fsp3) is 0.529. The Bertz CT molecular complexity index is 619. The van der Waals surface area contributed by atoms with Crippen molar-refractivity contribution < 1.29 is 14.3 Å². The number of likely N-dealkylation sites (tertiary alicyclic amines) is 1. The molecule has 0 bridgehead atoms. The molecule has 0 N–H and O–H groups in total. The summed E-state index contributed by atoms with van der Waals surface area (Å²) >= 11 is 6.13. The van der Waals surface area contributed by atoms with E-state index in [-0.39, 0.29) is 18.8 Å². The van der Waals surface area contributed by atoms with E-state index in [1.807, 2.05) is 20.8 Å². The van der Waals surface area contributed by atoms with Crippen LogP contribution < -0.4 is 0 Å². The summed E-state index contributed by atoms with van der Waals surface area (Å²) in [6, 6.07) is 7.31. The highest BCUT2D eigenvalue weighted by Crippen LogP contribution is 2.23. The first-order valence-corrected chi connectivity index (χ1v) is 7.95. The first kappa shape index (κ1) is 17.6. The predicted octanol–water partition coefficient (Wildman–Crippen LogP) is 3.74. The molecule has 1 heterocycles. The normalized spacial score (nSPS) is 17.9. The molecule has 1 aliphatic rings. The number of ether oxygens (including phenoxy) is 2. The number of benzene rings is 1. The zero-order chi connectivity index (χ0) is 17.0. The fourth-order valence-electron chi connectivity index (χ4n) is 2.37. The van der Waals surface area contributed by atoms with Crippen molar-refractivity contribution in [2.24, 2.45) is 0 Å². The summed E-state index contributed by atoms with van der Waals surface area (Å²) in [4.78, 5) is 13.7. The van der Waals surface area contributed by atoms with Crippen molar-refractivity contribution in [3.05, 3.63) is 34.3 Å². The van der Waals surface area contributed by atoms with Crippen molar-refractivity contribution in [3.63, 3.8) is 0 Å². The molecule has 6 heteroatoms. The molecule has 124 valence electrons. The molecule has 5 nitrogen and oxygen atoms in total. The van der Waals surface area contributed by atoms with Crippen LogP contribution in [0, 0.1) is 11.3 Å². The lowest BCUT2D eigenvalue weighted by molar-refractivity contribution is 0.0184. The Hall–Kier alpha value is -1.77. The second-order valence-electron chi connectivity index (χ2n) is 6.53. The van der Waals surface area contributed by atoms with Crippen LogP contribution in [0.1, 0.15) is 38.3 Å². The van der Waals surface area contributed by atoms with Crippen molar-refractivity contribution in [3.8, 4) is 6.07 Å². The van der Waals surface area contributed by atoms with E-state index in [2.05, 4.69) is 6.07 Å². The van der Waals surface area contributed by atoms with Crippen molar-refractivity contribution in [2.45, 2.75) is 45.5 Å². The topological polar surface area (TPSA) is 62.6 Å². The molecule has 0 aromatic heterocycles. The molecule has 23 heavy (non-hydrogen) atoms. The molecule has 1 aromatic rings. The Morgan fingerprint density at radius 3 is 2.87 bits per heavy atom. The molecule has 0 unspecified atom stereocenters. The second kappa shape index (κ2) is 7.20. The minimum absolute atomic E-state index is 0.0784. The van der Waals surface area contributed by atoms with E-state index in [0.29, 0.717) is 29.2 Å². The van der Waals surface area contributed by atoms with E-state index in [9.17, 15) is 4.79 Å². The molecular weight excluding hydrogens is 316 g/mol. The highest BCUT2D eigenvalue weighted by molar-refractivity contribution is 6.31. The summed E-state index contributed by atoms with van der Waals surface area (Å²) in [5, 5.41) is 9.64. The number of hydrogen-bond donors (Lipinski definition) is 0. The number of hydrogen-bond acceptors (Lipinski definition) is 4. The van der Waals surface area contributed by atoms with Crippen LogP contribution in [-0.2, 0) is 16.1 Å². The summed E-state index contributed by atoms with van der Waals surface area (Å²) in [7, 11) is 0. The zero-order valence-electron chi connectivity index (χ0n) is 13.6. The van der Waals surface area contributed by atoms with Crippen LogP contribution in [0.25, 0.3) is 0 Å². The number of nitrogens with zero attached hydrogens (tertiary/aromatic N) is 2. The summed E-state index contributed by atoms with van der Waals surface area (Å²) in [6.45, 7) is 6.88. The SMILES string of the molecule is CC(C)(C)OC(=O)N1CC[C@H](OCc2c(Cl)cccc2C#N)C1. The van der Waals surface area contributed by atoms with E-state index in [1.54, 1.807) is 23.1 Å². The summed E-state index contributed by atoms with van der Waals surface area (Å²) in [5.74, 6) is 0. The van der Waals surface area contributed by atoms with Gasteiger partial charge in [-0.1, -0.05) is 17.7 Å². The molecule has 0 spiro atoms. The van der Waals surface area contributed by atoms with Gasteiger partial charge in [-0.2, -0.15) is 5.26 Å². The molecule has 1 aromatic carbocycles. The van der Waals surface area contributed by atoms with E-state index in [4.69, 9.17) is 26.3 Å². The lowest BCUT2D eigenvalue weighted by Crippen LogP contribution is -2.36. The van der Waals surface area contributed by atoms with Gasteiger partial charge >= 0.3 is 6.09 Å². The average Bonchev–Trinajstić information content (AvgIpc) is 2.93. The molecule has 1 amide bonds. The van der Waals surface area contributed by atoms with Crippen LogP contribution in [0.4, 0.5) is 4.79 Å². The van der Waals surface area contributed by atoms with Crippen molar-refractivity contribution in [1.82, 2.24) is 4.90 Å². The number of carbonyl (C=O) groups excluding carboxylic acids is 1. The molecule has 1 aliphatic heterocycles. The highest BCUT2D eigenvalue weighted by atomic mass is 35.5. The van der Waals surface area contributed by atoms with Gasteiger partial charge in [-0.25, -0.2) is 4.79 Å². The second-order valence-corrected chi connectivity index (χ2v) is 6.93. The van der Waals surface area contributed by atoms with E-state index in [1.165, 1.54) is 0 Å². The van der Waals surface area contributed by atoms with E-state index in [0.717, 1.165) is 6.42 Å². The lowest BCUT2D eigenvalue weighted by Gasteiger charge is -2.24. The monoisotopic (exact) mass is 336 g/mol. The van der Waals surface area contributed by atoms with Crippen molar-refractivity contribution in [2.75, 3.05) is 13.1 Å². The maximum atomic E-state index is 12.0. The van der Waals surface area contributed by atoms with Crippen molar-refractivity contribution in [1.29, 1.82) is 5.26 Å². The first-order valence-electron chi connectivity index (χ1n) is 7.57. The van der Waals surface area contributed by atoms with Gasteiger partial charge in [0, 0.05) is 17.1 Å². The molecule has 1 atom stereocenters. The van der Waals surface area contributed by atoms with Crippen LogP contribution in [0.3, 0.4) is 0 Å². The molecule has 1 saturated heterocycles. The van der Waals surface area contributed by atoms with E-state index < -0.39 is 5.60 Å². The predicted molar refractivity (Wildman–Crippen MR) is 87.2 cm³/mol. The highest BCUT2D eigenvalue weighted by Gasteiger charge is 2.30. The third-order valence-electron chi connectivity index (χ3n) is 3.50. The van der Waals surface area contributed by atoms with Crippen LogP contribution in [0.2, 0.25) is 5.02 Å². The number of amides is 1. The Labute approximate surface area is 141 Å². The van der Waals surface area contributed by atoms with E-state index >= 15 is 0 Å². The average molecular weight is 337 g/mol. The maximum absolute atomic E-state index is 12.0. The minimum Gasteiger partial charge on any atom is -0.444 e. The summed E-state index contributed by atoms with van der Waals surface area (Å²) in [5.41, 5.74) is 0.696. The van der Waals surface area contributed by atoms with Gasteiger partial charge in [0.2, 0.25) is 0 Å². The molecular formula is C17H21ClN2O3. The Balaban J connectivity index is 1.90. The van der Waals surface area contributed by atoms with Gasteiger partial charge in [0.05, 0.1) is 30.9 Å².